The predicted molar refractivity (Wildman–Crippen MR) is 125 cm³/mol. The number of benzene rings is 2. The summed E-state index contributed by atoms with van der Waals surface area (Å²) in [6.45, 7) is 1.97. The number of halogens is 1. The number of para-hydroxylation sites is 1. The molecule has 0 fully saturated rings. The van der Waals surface area contributed by atoms with Gasteiger partial charge in [0.1, 0.15) is 5.82 Å². The number of carbonyl (C=O) groups excluding carboxylic acids is 1. The van der Waals surface area contributed by atoms with Crippen LogP contribution >= 0.6 is 22.9 Å². The van der Waals surface area contributed by atoms with Gasteiger partial charge in [0.25, 0.3) is 5.56 Å². The van der Waals surface area contributed by atoms with Crippen molar-refractivity contribution in [3.05, 3.63) is 85.9 Å². The first-order valence-corrected chi connectivity index (χ1v) is 11.1. The Labute approximate surface area is 188 Å². The molecule has 6 nitrogen and oxygen atoms in total. The van der Waals surface area contributed by atoms with Gasteiger partial charge in [-0.3, -0.25) is 9.59 Å². The third-order valence-corrected chi connectivity index (χ3v) is 6.21. The van der Waals surface area contributed by atoms with E-state index in [2.05, 4.69) is 20.3 Å². The molecular weight excluding hydrogens is 432 g/mol. The smallest absolute Gasteiger partial charge is 0.258 e. The highest BCUT2D eigenvalue weighted by molar-refractivity contribution is 7.15. The molecule has 31 heavy (non-hydrogen) atoms. The van der Waals surface area contributed by atoms with Gasteiger partial charge in [0.05, 0.1) is 10.9 Å². The highest BCUT2D eigenvalue weighted by Crippen LogP contribution is 2.24. The van der Waals surface area contributed by atoms with Gasteiger partial charge in [0.15, 0.2) is 5.13 Å². The third-order valence-electron chi connectivity index (χ3n) is 4.89. The minimum Gasteiger partial charge on any atom is -0.310 e. The number of H-pyrrole nitrogens is 1. The summed E-state index contributed by atoms with van der Waals surface area (Å²) < 4.78 is 0. The molecule has 2 N–H and O–H groups in total. The lowest BCUT2D eigenvalue weighted by molar-refractivity contribution is -0.116. The van der Waals surface area contributed by atoms with Crippen LogP contribution < -0.4 is 10.9 Å². The van der Waals surface area contributed by atoms with Crippen molar-refractivity contribution in [3.8, 4) is 0 Å². The van der Waals surface area contributed by atoms with Crippen LogP contribution in [0.4, 0.5) is 5.13 Å². The molecule has 2 aromatic carbocycles. The lowest BCUT2D eigenvalue weighted by Gasteiger charge is -2.04. The molecule has 0 saturated heterocycles. The Morgan fingerprint density at radius 1 is 1.23 bits per heavy atom. The largest absolute Gasteiger partial charge is 0.310 e. The van der Waals surface area contributed by atoms with E-state index in [4.69, 9.17) is 11.6 Å². The Hall–Kier alpha value is -3.03. The number of nitrogens with one attached hydrogen (secondary N) is 2. The Bertz CT molecular complexity index is 1300. The van der Waals surface area contributed by atoms with Gasteiger partial charge in [0.2, 0.25) is 5.91 Å². The number of rotatable bonds is 7. The van der Waals surface area contributed by atoms with Crippen LogP contribution in [0.3, 0.4) is 0 Å². The van der Waals surface area contributed by atoms with Gasteiger partial charge in [0, 0.05) is 35.4 Å². The minimum absolute atomic E-state index is 0.109. The summed E-state index contributed by atoms with van der Waals surface area (Å²) in [4.78, 5) is 37.0. The van der Waals surface area contributed by atoms with Crippen molar-refractivity contribution < 1.29 is 4.79 Å². The van der Waals surface area contributed by atoms with Crippen molar-refractivity contribution in [3.63, 3.8) is 0 Å². The number of thiazole rings is 1. The Morgan fingerprint density at radius 2 is 2.06 bits per heavy atom. The molecule has 0 atom stereocenters. The monoisotopic (exact) mass is 452 g/mol. The van der Waals surface area contributed by atoms with Crippen molar-refractivity contribution >= 4 is 44.9 Å². The SMILES string of the molecule is Cc1ccc(Cc2cnc(NC(=O)CCCc3nc4ccccc4c(=O)[nH]3)s2)cc1Cl. The molecule has 2 heterocycles. The quantitative estimate of drug-likeness (QED) is 0.417. The van der Waals surface area contributed by atoms with Gasteiger partial charge in [-0.15, -0.1) is 11.3 Å². The van der Waals surface area contributed by atoms with Crippen LogP contribution in [-0.4, -0.2) is 20.9 Å². The summed E-state index contributed by atoms with van der Waals surface area (Å²) >= 11 is 7.64. The third kappa shape index (κ3) is 5.37. The zero-order chi connectivity index (χ0) is 21.8. The number of amides is 1. The van der Waals surface area contributed by atoms with E-state index in [-0.39, 0.29) is 11.5 Å². The van der Waals surface area contributed by atoms with Crippen LogP contribution in [-0.2, 0) is 17.6 Å². The lowest BCUT2D eigenvalue weighted by Crippen LogP contribution is -2.14. The second-order valence-electron chi connectivity index (χ2n) is 7.32. The molecule has 0 spiro atoms. The molecule has 0 bridgehead atoms. The Balaban J connectivity index is 1.29. The molecule has 0 radical (unpaired) electrons. The van der Waals surface area contributed by atoms with Crippen molar-refractivity contribution in [1.82, 2.24) is 15.0 Å². The maximum absolute atomic E-state index is 12.3. The molecule has 4 rings (SSSR count). The number of aryl methyl sites for hydroxylation is 2. The van der Waals surface area contributed by atoms with Crippen LogP contribution in [0.2, 0.25) is 5.02 Å². The van der Waals surface area contributed by atoms with E-state index >= 15 is 0 Å². The van der Waals surface area contributed by atoms with E-state index in [0.717, 1.165) is 21.0 Å². The zero-order valence-electron chi connectivity index (χ0n) is 16.9. The summed E-state index contributed by atoms with van der Waals surface area (Å²) in [5.74, 6) is 0.479. The number of aromatic amines is 1. The van der Waals surface area contributed by atoms with Crippen LogP contribution in [0.25, 0.3) is 10.9 Å². The second kappa shape index (κ2) is 9.41. The van der Waals surface area contributed by atoms with Gasteiger partial charge in [-0.2, -0.15) is 0 Å². The average molecular weight is 453 g/mol. The van der Waals surface area contributed by atoms with Gasteiger partial charge < -0.3 is 10.3 Å². The molecule has 0 unspecified atom stereocenters. The van der Waals surface area contributed by atoms with Gasteiger partial charge in [-0.1, -0.05) is 35.9 Å². The standard InChI is InChI=1S/C23H21ClN4O2S/c1-14-9-10-15(12-18(14)24)11-16-13-25-23(31-16)28-21(29)8-4-7-20-26-19-6-3-2-5-17(19)22(30)27-20/h2-3,5-6,9-10,12-13H,4,7-8,11H2,1H3,(H,25,28,29)(H,26,27,30). The molecule has 0 aliphatic carbocycles. The number of fused-ring (bicyclic) bond motifs is 1. The fourth-order valence-corrected chi connectivity index (χ4v) is 4.31. The van der Waals surface area contributed by atoms with Crippen molar-refractivity contribution in [1.29, 1.82) is 0 Å². The van der Waals surface area contributed by atoms with Crippen molar-refractivity contribution in [2.45, 2.75) is 32.6 Å². The van der Waals surface area contributed by atoms with E-state index < -0.39 is 0 Å². The zero-order valence-corrected chi connectivity index (χ0v) is 18.5. The van der Waals surface area contributed by atoms with Crippen LogP contribution in [0, 0.1) is 6.92 Å². The number of carbonyl (C=O) groups is 1. The van der Waals surface area contributed by atoms with Crippen molar-refractivity contribution in [2.75, 3.05) is 5.32 Å². The summed E-state index contributed by atoms with van der Waals surface area (Å²) in [5.41, 5.74) is 2.66. The summed E-state index contributed by atoms with van der Waals surface area (Å²) in [7, 11) is 0. The van der Waals surface area contributed by atoms with E-state index in [1.54, 1.807) is 12.3 Å². The highest BCUT2D eigenvalue weighted by Gasteiger charge is 2.09. The normalized spacial score (nSPS) is 11.0. The molecule has 0 saturated carbocycles. The van der Waals surface area contributed by atoms with Crippen LogP contribution in [0.15, 0.2) is 53.5 Å². The molecule has 4 aromatic rings. The maximum Gasteiger partial charge on any atom is 0.258 e. The summed E-state index contributed by atoms with van der Waals surface area (Å²) in [5, 5.41) is 4.74. The maximum atomic E-state index is 12.3. The molecular formula is C23H21ClN4O2S. The first-order valence-electron chi connectivity index (χ1n) is 9.95. The second-order valence-corrected chi connectivity index (χ2v) is 8.85. The van der Waals surface area contributed by atoms with Crippen molar-refractivity contribution in [2.24, 2.45) is 0 Å². The molecule has 8 heteroatoms. The Kier molecular flexibility index (Phi) is 6.44. The van der Waals surface area contributed by atoms with Crippen LogP contribution in [0.1, 0.15) is 34.7 Å². The van der Waals surface area contributed by atoms with Gasteiger partial charge >= 0.3 is 0 Å². The van der Waals surface area contributed by atoms with E-state index in [1.165, 1.54) is 11.3 Å². The fourth-order valence-electron chi connectivity index (χ4n) is 3.25. The molecule has 0 aliphatic heterocycles. The van der Waals surface area contributed by atoms with E-state index in [9.17, 15) is 9.59 Å². The molecule has 1 amide bonds. The van der Waals surface area contributed by atoms with Gasteiger partial charge in [-0.05, 0) is 42.7 Å². The molecule has 0 aliphatic rings. The minimum atomic E-state index is -0.157. The number of hydrogen-bond acceptors (Lipinski definition) is 5. The van der Waals surface area contributed by atoms with E-state index in [1.807, 2.05) is 43.3 Å². The highest BCUT2D eigenvalue weighted by atomic mass is 35.5. The Morgan fingerprint density at radius 3 is 2.90 bits per heavy atom. The lowest BCUT2D eigenvalue weighted by atomic mass is 10.1. The first-order chi connectivity index (χ1) is 15.0. The van der Waals surface area contributed by atoms with Crippen LogP contribution in [0.5, 0.6) is 0 Å². The predicted octanol–water partition coefficient (Wildman–Crippen LogP) is 4.89. The summed E-state index contributed by atoms with van der Waals surface area (Å²) in [6, 6.07) is 13.2. The topological polar surface area (TPSA) is 87.7 Å². The first kappa shape index (κ1) is 21.2. The summed E-state index contributed by atoms with van der Waals surface area (Å²) in [6.07, 6.45) is 3.91. The average Bonchev–Trinajstić information content (AvgIpc) is 3.17. The number of anilines is 1. The molecule has 2 aromatic heterocycles. The van der Waals surface area contributed by atoms with E-state index in [0.29, 0.717) is 47.5 Å². The number of hydrogen-bond donors (Lipinski definition) is 2. The van der Waals surface area contributed by atoms with Gasteiger partial charge in [-0.25, -0.2) is 9.97 Å². The fraction of sp³-hybridized carbons (Fsp3) is 0.217. The molecule has 158 valence electrons. The number of aromatic nitrogens is 3. The number of nitrogens with zero attached hydrogens (tertiary/aromatic N) is 2.